The second-order valence-electron chi connectivity index (χ2n) is 5.11. The minimum Gasteiger partial charge on any atom is -0.476 e. The van der Waals surface area contributed by atoms with Gasteiger partial charge in [0.05, 0.1) is 0 Å². The quantitative estimate of drug-likeness (QED) is 0.791. The van der Waals surface area contributed by atoms with E-state index in [9.17, 15) is 4.79 Å². The lowest BCUT2D eigenvalue weighted by molar-refractivity contribution is 0.0685. The largest absolute Gasteiger partial charge is 0.476 e. The van der Waals surface area contributed by atoms with Crippen LogP contribution in [0.3, 0.4) is 0 Å². The third-order valence-electron chi connectivity index (χ3n) is 3.63. The van der Waals surface area contributed by atoms with E-state index in [1.807, 2.05) is 42.5 Å². The molecule has 22 heavy (non-hydrogen) atoms. The fraction of sp³-hybridized carbons (Fsp3) is 0.111. The Bertz CT molecular complexity index is 789. The lowest BCUT2D eigenvalue weighted by atomic mass is 9.99. The highest BCUT2D eigenvalue weighted by Gasteiger charge is 2.18. The molecule has 4 nitrogen and oxygen atoms in total. The molecule has 0 fully saturated rings. The Morgan fingerprint density at radius 2 is 1.68 bits per heavy atom. The zero-order valence-electron chi connectivity index (χ0n) is 12.1. The topological polar surface area (TPSA) is 63.3 Å². The maximum absolute atomic E-state index is 11.1. The maximum Gasteiger partial charge on any atom is 0.358 e. The molecule has 0 bridgehead atoms. The van der Waals surface area contributed by atoms with E-state index in [4.69, 9.17) is 9.63 Å². The highest BCUT2D eigenvalue weighted by molar-refractivity contribution is 5.87. The van der Waals surface area contributed by atoms with Gasteiger partial charge < -0.3 is 9.63 Å². The summed E-state index contributed by atoms with van der Waals surface area (Å²) in [7, 11) is 0. The summed E-state index contributed by atoms with van der Waals surface area (Å²) in [6, 6.07) is 18.2. The van der Waals surface area contributed by atoms with E-state index in [1.54, 1.807) is 6.92 Å². The fourth-order valence-electron chi connectivity index (χ4n) is 2.42. The van der Waals surface area contributed by atoms with Gasteiger partial charge in [-0.3, -0.25) is 0 Å². The highest BCUT2D eigenvalue weighted by atomic mass is 16.5. The Balaban J connectivity index is 1.86. The van der Waals surface area contributed by atoms with Crippen LogP contribution in [0.15, 0.2) is 59.1 Å². The molecule has 3 aromatic rings. The molecule has 0 atom stereocenters. The molecule has 3 rings (SSSR count). The van der Waals surface area contributed by atoms with Crippen LogP contribution in [-0.4, -0.2) is 16.2 Å². The van der Waals surface area contributed by atoms with E-state index < -0.39 is 5.97 Å². The van der Waals surface area contributed by atoms with Crippen LogP contribution < -0.4 is 0 Å². The van der Waals surface area contributed by atoms with Gasteiger partial charge in [0.1, 0.15) is 5.76 Å². The number of hydrogen-bond acceptors (Lipinski definition) is 3. The second-order valence-corrected chi connectivity index (χ2v) is 5.11. The van der Waals surface area contributed by atoms with Crippen molar-refractivity contribution < 1.29 is 14.4 Å². The summed E-state index contributed by atoms with van der Waals surface area (Å²) < 4.78 is 4.99. The first kappa shape index (κ1) is 14.1. The molecule has 0 aliphatic rings. The number of carboxylic acid groups (broad SMARTS) is 1. The number of aryl methyl sites for hydroxylation is 1. The Morgan fingerprint density at radius 1 is 1.05 bits per heavy atom. The van der Waals surface area contributed by atoms with Crippen molar-refractivity contribution in [1.82, 2.24) is 5.16 Å². The van der Waals surface area contributed by atoms with E-state index in [0.717, 1.165) is 16.7 Å². The lowest BCUT2D eigenvalue weighted by Crippen LogP contribution is -2.02. The van der Waals surface area contributed by atoms with Crippen molar-refractivity contribution in [1.29, 1.82) is 0 Å². The molecule has 4 heteroatoms. The summed E-state index contributed by atoms with van der Waals surface area (Å²) in [5.41, 5.74) is 3.92. The van der Waals surface area contributed by atoms with Crippen molar-refractivity contribution in [2.24, 2.45) is 0 Å². The zero-order valence-corrected chi connectivity index (χ0v) is 12.1. The average molecular weight is 293 g/mol. The number of carbonyl (C=O) groups is 1. The SMILES string of the molecule is Cc1onc(C(=O)O)c1Cc1ccc(-c2ccccc2)cc1. The van der Waals surface area contributed by atoms with Crippen LogP contribution in [0, 0.1) is 6.92 Å². The van der Waals surface area contributed by atoms with Crippen LogP contribution in [0.1, 0.15) is 27.4 Å². The van der Waals surface area contributed by atoms with Crippen LogP contribution in [0.4, 0.5) is 0 Å². The van der Waals surface area contributed by atoms with E-state index in [0.29, 0.717) is 17.7 Å². The summed E-state index contributed by atoms with van der Waals surface area (Å²) in [5, 5.41) is 12.7. The van der Waals surface area contributed by atoms with Gasteiger partial charge in [-0.25, -0.2) is 4.79 Å². The molecule has 0 saturated carbocycles. The number of benzene rings is 2. The predicted molar refractivity (Wildman–Crippen MR) is 82.9 cm³/mol. The zero-order chi connectivity index (χ0) is 15.5. The van der Waals surface area contributed by atoms with E-state index in [2.05, 4.69) is 17.3 Å². The Labute approximate surface area is 128 Å². The lowest BCUT2D eigenvalue weighted by Gasteiger charge is -2.04. The number of aromatic nitrogens is 1. The summed E-state index contributed by atoms with van der Waals surface area (Å²) in [6.45, 7) is 1.73. The summed E-state index contributed by atoms with van der Waals surface area (Å²) in [5.74, 6) is -0.516. The molecule has 0 aliphatic heterocycles. The molecule has 1 N–H and O–H groups in total. The van der Waals surface area contributed by atoms with Crippen molar-refractivity contribution in [3.8, 4) is 11.1 Å². The average Bonchev–Trinajstić information content (AvgIpc) is 2.90. The standard InChI is InChI=1S/C18H15NO3/c1-12-16(17(18(20)21)19-22-12)11-13-7-9-15(10-8-13)14-5-3-2-4-6-14/h2-10H,11H2,1H3,(H,20,21). The van der Waals surface area contributed by atoms with Crippen molar-refractivity contribution in [3.05, 3.63) is 77.2 Å². The van der Waals surface area contributed by atoms with Crippen molar-refractivity contribution >= 4 is 5.97 Å². The third kappa shape index (κ3) is 2.76. The summed E-state index contributed by atoms with van der Waals surface area (Å²) >= 11 is 0. The first-order valence-electron chi connectivity index (χ1n) is 6.98. The molecule has 1 heterocycles. The number of nitrogens with zero attached hydrogens (tertiary/aromatic N) is 1. The Kier molecular flexibility index (Phi) is 3.74. The number of carboxylic acids is 1. The van der Waals surface area contributed by atoms with Crippen molar-refractivity contribution in [2.75, 3.05) is 0 Å². The molecule has 110 valence electrons. The molecule has 0 radical (unpaired) electrons. The fourth-order valence-corrected chi connectivity index (χ4v) is 2.42. The van der Waals surface area contributed by atoms with Gasteiger partial charge >= 0.3 is 5.97 Å². The second kappa shape index (κ2) is 5.85. The minimum atomic E-state index is -1.06. The third-order valence-corrected chi connectivity index (χ3v) is 3.63. The Morgan fingerprint density at radius 3 is 2.32 bits per heavy atom. The highest BCUT2D eigenvalue weighted by Crippen LogP contribution is 2.22. The van der Waals surface area contributed by atoms with E-state index >= 15 is 0 Å². The first-order valence-corrected chi connectivity index (χ1v) is 6.98. The van der Waals surface area contributed by atoms with E-state index in [-0.39, 0.29) is 5.69 Å². The van der Waals surface area contributed by atoms with Crippen LogP contribution in [-0.2, 0) is 6.42 Å². The van der Waals surface area contributed by atoms with Crippen LogP contribution in [0.2, 0.25) is 0 Å². The smallest absolute Gasteiger partial charge is 0.358 e. The molecular weight excluding hydrogens is 278 g/mol. The van der Waals surface area contributed by atoms with Gasteiger partial charge in [-0.2, -0.15) is 0 Å². The predicted octanol–water partition coefficient (Wildman–Crippen LogP) is 3.94. The van der Waals surface area contributed by atoms with Gasteiger partial charge in [0.15, 0.2) is 5.69 Å². The minimum absolute atomic E-state index is 0.00960. The van der Waals surface area contributed by atoms with Gasteiger partial charge in [-0.1, -0.05) is 59.8 Å². The molecule has 0 spiro atoms. The van der Waals surface area contributed by atoms with Crippen LogP contribution in [0.25, 0.3) is 11.1 Å². The molecule has 2 aromatic carbocycles. The van der Waals surface area contributed by atoms with Gasteiger partial charge in [0.25, 0.3) is 0 Å². The molecule has 1 aromatic heterocycles. The summed E-state index contributed by atoms with van der Waals surface area (Å²) in [6.07, 6.45) is 0.492. The molecule has 0 aliphatic carbocycles. The van der Waals surface area contributed by atoms with Gasteiger partial charge in [0, 0.05) is 12.0 Å². The van der Waals surface area contributed by atoms with Gasteiger partial charge in [0.2, 0.25) is 0 Å². The number of hydrogen-bond donors (Lipinski definition) is 1. The monoisotopic (exact) mass is 293 g/mol. The summed E-state index contributed by atoms with van der Waals surface area (Å²) in [4.78, 5) is 11.1. The number of aromatic carboxylic acids is 1. The van der Waals surface area contributed by atoms with Gasteiger partial charge in [-0.05, 0) is 23.6 Å². The molecule has 0 saturated heterocycles. The normalized spacial score (nSPS) is 10.6. The van der Waals surface area contributed by atoms with Crippen molar-refractivity contribution in [3.63, 3.8) is 0 Å². The Hall–Kier alpha value is -2.88. The van der Waals surface area contributed by atoms with Crippen LogP contribution in [0.5, 0.6) is 0 Å². The molecule has 0 amide bonds. The molecular formula is C18H15NO3. The van der Waals surface area contributed by atoms with E-state index in [1.165, 1.54) is 0 Å². The van der Waals surface area contributed by atoms with Crippen molar-refractivity contribution in [2.45, 2.75) is 13.3 Å². The van der Waals surface area contributed by atoms with Gasteiger partial charge in [-0.15, -0.1) is 0 Å². The number of rotatable bonds is 4. The molecule has 0 unspecified atom stereocenters. The first-order chi connectivity index (χ1) is 10.6. The van der Waals surface area contributed by atoms with Crippen LogP contribution >= 0.6 is 0 Å². The maximum atomic E-state index is 11.1.